The first-order chi connectivity index (χ1) is 5.35. The van der Waals surface area contributed by atoms with Crippen LogP contribution >= 0.6 is 0 Å². The van der Waals surface area contributed by atoms with Gasteiger partial charge in [-0.2, -0.15) is 0 Å². The van der Waals surface area contributed by atoms with E-state index in [1.165, 1.54) is 32.4 Å². The summed E-state index contributed by atoms with van der Waals surface area (Å²) in [6.45, 7) is 6.92. The standard InChI is InChI=1S/C8H21NOSi/c1-4-6-8-9(7-5-2)11-10-3/h4-8,11H2,1-3H3. The Morgan fingerprint density at radius 2 is 1.91 bits per heavy atom. The fraction of sp³-hybridized carbons (Fsp3) is 1.00. The molecule has 0 rings (SSSR count). The first kappa shape index (κ1) is 11.1. The van der Waals surface area contributed by atoms with Crippen molar-refractivity contribution < 1.29 is 4.43 Å². The van der Waals surface area contributed by atoms with E-state index in [-0.39, 0.29) is 9.92 Å². The van der Waals surface area contributed by atoms with Crippen LogP contribution in [0, 0.1) is 0 Å². The van der Waals surface area contributed by atoms with Crippen LogP contribution in [-0.4, -0.2) is 34.7 Å². The molecule has 0 atom stereocenters. The highest BCUT2D eigenvalue weighted by molar-refractivity contribution is 6.23. The van der Waals surface area contributed by atoms with E-state index in [9.17, 15) is 0 Å². The van der Waals surface area contributed by atoms with Crippen LogP contribution in [0.5, 0.6) is 0 Å². The minimum absolute atomic E-state index is 0.362. The van der Waals surface area contributed by atoms with E-state index in [0.717, 1.165) is 0 Å². The lowest BCUT2D eigenvalue weighted by Gasteiger charge is -2.19. The molecule has 0 heterocycles. The summed E-state index contributed by atoms with van der Waals surface area (Å²) in [5.41, 5.74) is 0. The highest BCUT2D eigenvalue weighted by atomic mass is 28.2. The Balaban J connectivity index is 3.34. The SMILES string of the molecule is CCCCN(CCC)[SiH2]OC. The molecule has 0 aliphatic rings. The Morgan fingerprint density at radius 1 is 1.18 bits per heavy atom. The molecule has 2 nitrogen and oxygen atoms in total. The number of hydrogen-bond acceptors (Lipinski definition) is 2. The fourth-order valence-corrected chi connectivity index (χ4v) is 2.28. The average molecular weight is 175 g/mol. The molecule has 0 bridgehead atoms. The van der Waals surface area contributed by atoms with E-state index in [1.54, 1.807) is 0 Å². The number of nitrogens with zero attached hydrogens (tertiary/aromatic N) is 1. The van der Waals surface area contributed by atoms with Gasteiger partial charge in [-0.15, -0.1) is 0 Å². The van der Waals surface area contributed by atoms with Gasteiger partial charge in [0.15, 0.2) is 0 Å². The molecule has 0 spiro atoms. The van der Waals surface area contributed by atoms with Crippen molar-refractivity contribution in [3.63, 3.8) is 0 Å². The smallest absolute Gasteiger partial charge is 0.238 e. The molecule has 0 radical (unpaired) electrons. The van der Waals surface area contributed by atoms with Crippen molar-refractivity contribution in [1.29, 1.82) is 0 Å². The van der Waals surface area contributed by atoms with Crippen LogP contribution in [0.2, 0.25) is 0 Å². The molecule has 0 aliphatic heterocycles. The van der Waals surface area contributed by atoms with Crippen molar-refractivity contribution in [3.8, 4) is 0 Å². The van der Waals surface area contributed by atoms with E-state index in [1.807, 2.05) is 7.11 Å². The second kappa shape index (κ2) is 8.24. The minimum Gasteiger partial charge on any atom is -0.411 e. The molecule has 0 aliphatic carbocycles. The summed E-state index contributed by atoms with van der Waals surface area (Å²) < 4.78 is 7.71. The molecular formula is C8H21NOSi. The van der Waals surface area contributed by atoms with Crippen molar-refractivity contribution in [2.45, 2.75) is 33.1 Å². The lowest BCUT2D eigenvalue weighted by atomic mass is 10.3. The van der Waals surface area contributed by atoms with Crippen LogP contribution in [0.1, 0.15) is 33.1 Å². The van der Waals surface area contributed by atoms with Gasteiger partial charge in [0.05, 0.1) is 0 Å². The Bertz CT molecular complexity index is 74.5. The Hall–Kier alpha value is 0.137. The highest BCUT2D eigenvalue weighted by Gasteiger charge is 2.01. The van der Waals surface area contributed by atoms with Crippen molar-refractivity contribution in [3.05, 3.63) is 0 Å². The van der Waals surface area contributed by atoms with Gasteiger partial charge in [0.2, 0.25) is 9.92 Å². The quantitative estimate of drug-likeness (QED) is 0.538. The van der Waals surface area contributed by atoms with Gasteiger partial charge in [0, 0.05) is 7.11 Å². The summed E-state index contributed by atoms with van der Waals surface area (Å²) in [7, 11) is 1.46. The van der Waals surface area contributed by atoms with Gasteiger partial charge >= 0.3 is 0 Å². The van der Waals surface area contributed by atoms with E-state index in [4.69, 9.17) is 4.43 Å². The zero-order valence-corrected chi connectivity index (χ0v) is 9.51. The topological polar surface area (TPSA) is 12.5 Å². The summed E-state index contributed by atoms with van der Waals surface area (Å²) in [6.07, 6.45) is 3.86. The van der Waals surface area contributed by atoms with Crippen molar-refractivity contribution in [1.82, 2.24) is 4.57 Å². The highest BCUT2D eigenvalue weighted by Crippen LogP contribution is 1.94. The third kappa shape index (κ3) is 6.53. The summed E-state index contributed by atoms with van der Waals surface area (Å²) in [4.78, 5) is 0. The zero-order valence-electron chi connectivity index (χ0n) is 8.10. The van der Waals surface area contributed by atoms with Crippen LogP contribution in [0.4, 0.5) is 0 Å². The average Bonchev–Trinajstić information content (AvgIpc) is 2.01. The maximum atomic E-state index is 5.22. The zero-order chi connectivity index (χ0) is 8.53. The van der Waals surface area contributed by atoms with Crippen molar-refractivity contribution >= 4 is 9.92 Å². The molecule has 0 N–H and O–H groups in total. The normalized spacial score (nSPS) is 12.0. The summed E-state index contributed by atoms with van der Waals surface area (Å²) in [5, 5.41) is 0. The van der Waals surface area contributed by atoms with Gasteiger partial charge < -0.3 is 8.99 Å². The number of unbranched alkanes of at least 4 members (excludes halogenated alkanes) is 1. The lowest BCUT2D eigenvalue weighted by molar-refractivity contribution is 0.333. The number of hydrogen-bond donors (Lipinski definition) is 0. The van der Waals surface area contributed by atoms with Crippen LogP contribution in [-0.2, 0) is 4.43 Å². The maximum Gasteiger partial charge on any atom is 0.238 e. The van der Waals surface area contributed by atoms with Crippen LogP contribution in [0.25, 0.3) is 0 Å². The van der Waals surface area contributed by atoms with Gasteiger partial charge in [-0.3, -0.25) is 0 Å². The molecule has 0 aromatic carbocycles. The number of rotatable bonds is 7. The Kier molecular flexibility index (Phi) is 8.34. The fourth-order valence-electron chi connectivity index (χ4n) is 1.12. The van der Waals surface area contributed by atoms with Gasteiger partial charge in [-0.1, -0.05) is 20.3 Å². The molecule has 3 heteroatoms. The molecule has 0 aromatic rings. The first-order valence-corrected chi connectivity index (χ1v) is 5.77. The monoisotopic (exact) mass is 175 g/mol. The maximum absolute atomic E-state index is 5.22. The van der Waals surface area contributed by atoms with Gasteiger partial charge in [0.25, 0.3) is 0 Å². The molecule has 0 unspecified atom stereocenters. The van der Waals surface area contributed by atoms with Crippen molar-refractivity contribution in [2.75, 3.05) is 20.2 Å². The first-order valence-electron chi connectivity index (χ1n) is 4.56. The second-order valence-corrected chi connectivity index (χ2v) is 4.62. The van der Waals surface area contributed by atoms with Gasteiger partial charge in [0.1, 0.15) is 0 Å². The summed E-state index contributed by atoms with van der Waals surface area (Å²) >= 11 is 0. The largest absolute Gasteiger partial charge is 0.411 e. The van der Waals surface area contributed by atoms with Crippen LogP contribution < -0.4 is 0 Å². The molecule has 11 heavy (non-hydrogen) atoms. The molecule has 68 valence electrons. The predicted octanol–water partition coefficient (Wildman–Crippen LogP) is 1.14. The lowest BCUT2D eigenvalue weighted by Crippen LogP contribution is -2.30. The third-order valence-corrected chi connectivity index (χ3v) is 2.94. The van der Waals surface area contributed by atoms with E-state index in [0.29, 0.717) is 0 Å². The Morgan fingerprint density at radius 3 is 2.36 bits per heavy atom. The summed E-state index contributed by atoms with van der Waals surface area (Å²) in [5.74, 6) is 0. The Labute approximate surface area is 72.9 Å². The van der Waals surface area contributed by atoms with Crippen molar-refractivity contribution in [2.24, 2.45) is 0 Å². The second-order valence-electron chi connectivity index (χ2n) is 2.89. The molecular weight excluding hydrogens is 154 g/mol. The molecule has 0 saturated heterocycles. The van der Waals surface area contributed by atoms with E-state index < -0.39 is 0 Å². The molecule has 0 amide bonds. The molecule has 0 fully saturated rings. The predicted molar refractivity (Wildman–Crippen MR) is 52.3 cm³/mol. The summed E-state index contributed by atoms with van der Waals surface area (Å²) in [6, 6.07) is 0. The third-order valence-electron chi connectivity index (χ3n) is 1.68. The van der Waals surface area contributed by atoms with Crippen LogP contribution in [0.3, 0.4) is 0 Å². The van der Waals surface area contributed by atoms with Crippen LogP contribution in [0.15, 0.2) is 0 Å². The van der Waals surface area contributed by atoms with Gasteiger partial charge in [-0.05, 0) is 25.9 Å². The van der Waals surface area contributed by atoms with Gasteiger partial charge in [-0.25, -0.2) is 0 Å². The van der Waals surface area contributed by atoms with E-state index in [2.05, 4.69) is 18.4 Å². The van der Waals surface area contributed by atoms with E-state index >= 15 is 0 Å². The molecule has 0 saturated carbocycles. The minimum atomic E-state index is -0.362. The molecule has 0 aromatic heterocycles.